The van der Waals surface area contributed by atoms with Gasteiger partial charge in [-0.05, 0) is 13.8 Å². The van der Waals surface area contributed by atoms with Crippen molar-refractivity contribution in [3.05, 3.63) is 0 Å². The second-order valence-electron chi connectivity index (χ2n) is 1.58. The summed E-state index contributed by atoms with van der Waals surface area (Å²) < 4.78 is 5.25. The van der Waals surface area contributed by atoms with E-state index in [0.29, 0.717) is 11.3 Å². The van der Waals surface area contributed by atoms with Gasteiger partial charge >= 0.3 is 0 Å². The van der Waals surface area contributed by atoms with Crippen LogP contribution < -0.4 is 0 Å². The molecule has 0 aliphatic heterocycles. The lowest BCUT2D eigenvalue weighted by Crippen LogP contribution is -2.03. The normalized spacial score (nSPS) is 13.7. The Morgan fingerprint density at radius 2 is 2.33 bits per heavy atom. The molecule has 0 saturated heterocycles. The molecule has 56 valence electrons. The average Bonchev–Trinajstić information content (AvgIpc) is 1.85. The highest BCUT2D eigenvalue weighted by atomic mass is 35.5. The minimum Gasteiger partial charge on any atom is -0.368 e. The molecule has 0 rings (SSSR count). The molecule has 1 nitrogen and oxygen atoms in total. The van der Waals surface area contributed by atoms with E-state index in [1.54, 1.807) is 11.8 Å². The lowest BCUT2D eigenvalue weighted by molar-refractivity contribution is 0.137. The molecule has 1 atom stereocenters. The summed E-state index contributed by atoms with van der Waals surface area (Å²) in [6.07, 6.45) is 0. The maximum Gasteiger partial charge on any atom is 0.0999 e. The average molecular weight is 169 g/mol. The monoisotopic (exact) mass is 168 g/mol. The molecule has 0 aromatic carbocycles. The van der Waals surface area contributed by atoms with Gasteiger partial charge in [0.1, 0.15) is 0 Å². The smallest absolute Gasteiger partial charge is 0.0999 e. The van der Waals surface area contributed by atoms with Crippen LogP contribution in [-0.4, -0.2) is 23.7 Å². The summed E-state index contributed by atoms with van der Waals surface area (Å²) in [5.41, 5.74) is 0.300. The third-order valence-corrected chi connectivity index (χ3v) is 2.29. The maximum atomic E-state index is 5.47. The maximum absolute atomic E-state index is 5.47. The van der Waals surface area contributed by atoms with E-state index in [9.17, 15) is 0 Å². The number of alkyl halides is 1. The fourth-order valence-electron chi connectivity index (χ4n) is 0.493. The van der Waals surface area contributed by atoms with E-state index >= 15 is 0 Å². The van der Waals surface area contributed by atoms with Gasteiger partial charge in [0.05, 0.1) is 5.44 Å². The zero-order valence-corrected chi connectivity index (χ0v) is 7.47. The Labute approximate surface area is 66.1 Å². The first-order valence-corrected chi connectivity index (χ1v) is 4.68. The van der Waals surface area contributed by atoms with E-state index in [-0.39, 0.29) is 0 Å². The number of ether oxygens (including phenoxy) is 1. The molecule has 0 amide bonds. The lowest BCUT2D eigenvalue weighted by Gasteiger charge is -2.08. The van der Waals surface area contributed by atoms with Crippen LogP contribution in [0.15, 0.2) is 0 Å². The van der Waals surface area contributed by atoms with Crippen LogP contribution in [0.3, 0.4) is 0 Å². The first-order chi connectivity index (χ1) is 4.31. The van der Waals surface area contributed by atoms with Gasteiger partial charge in [0.25, 0.3) is 0 Å². The largest absolute Gasteiger partial charge is 0.368 e. The van der Waals surface area contributed by atoms with Gasteiger partial charge in [0.2, 0.25) is 0 Å². The molecular formula is C6H13ClOS. The molecule has 0 heterocycles. The van der Waals surface area contributed by atoms with Crippen molar-refractivity contribution in [3.63, 3.8) is 0 Å². The number of rotatable bonds is 5. The molecule has 0 radical (unpaired) electrons. The predicted molar refractivity (Wildman–Crippen MR) is 44.3 cm³/mol. The predicted octanol–water partition coefficient (Wildman–Crippen LogP) is 2.34. The van der Waals surface area contributed by atoms with Crippen LogP contribution in [-0.2, 0) is 4.74 Å². The van der Waals surface area contributed by atoms with E-state index in [1.807, 2.05) is 13.8 Å². The summed E-state index contributed by atoms with van der Waals surface area (Å²) in [4.78, 5) is 0. The van der Waals surface area contributed by atoms with Crippen LogP contribution in [0.25, 0.3) is 0 Å². The Bertz CT molecular complexity index is 61.0. The van der Waals surface area contributed by atoms with Crippen LogP contribution in [0, 0.1) is 0 Å². The SMILES string of the molecule is CCOC(C)SCCCl. The van der Waals surface area contributed by atoms with Gasteiger partial charge in [-0.15, -0.1) is 23.4 Å². The van der Waals surface area contributed by atoms with Crippen LogP contribution in [0.2, 0.25) is 0 Å². The Morgan fingerprint density at radius 3 is 2.78 bits per heavy atom. The van der Waals surface area contributed by atoms with Crippen LogP contribution in [0.5, 0.6) is 0 Å². The minimum absolute atomic E-state index is 0.300. The number of hydrogen-bond donors (Lipinski definition) is 0. The van der Waals surface area contributed by atoms with E-state index in [4.69, 9.17) is 16.3 Å². The van der Waals surface area contributed by atoms with E-state index < -0.39 is 0 Å². The zero-order valence-electron chi connectivity index (χ0n) is 5.89. The zero-order chi connectivity index (χ0) is 7.11. The minimum atomic E-state index is 0.300. The standard InChI is InChI=1S/C6H13ClOS/c1-3-8-6(2)9-5-4-7/h6H,3-5H2,1-2H3. The van der Waals surface area contributed by atoms with Gasteiger partial charge in [0.15, 0.2) is 0 Å². The molecule has 1 unspecified atom stereocenters. The van der Waals surface area contributed by atoms with Crippen molar-refractivity contribution in [2.75, 3.05) is 18.2 Å². The van der Waals surface area contributed by atoms with Gasteiger partial charge in [-0.25, -0.2) is 0 Å². The summed E-state index contributed by atoms with van der Waals surface area (Å²) in [7, 11) is 0. The lowest BCUT2D eigenvalue weighted by atomic mass is 10.8. The second kappa shape index (κ2) is 6.72. The van der Waals surface area contributed by atoms with Crippen LogP contribution in [0.4, 0.5) is 0 Å². The van der Waals surface area contributed by atoms with Crippen LogP contribution >= 0.6 is 23.4 Å². The van der Waals surface area contributed by atoms with E-state index in [0.717, 1.165) is 12.4 Å². The third kappa shape index (κ3) is 6.49. The van der Waals surface area contributed by atoms with Gasteiger partial charge in [-0.2, -0.15) is 0 Å². The van der Waals surface area contributed by atoms with Crippen molar-refractivity contribution < 1.29 is 4.74 Å². The van der Waals surface area contributed by atoms with Gasteiger partial charge in [-0.3, -0.25) is 0 Å². The summed E-state index contributed by atoms with van der Waals surface area (Å²) in [6, 6.07) is 0. The van der Waals surface area contributed by atoms with Crippen molar-refractivity contribution in [1.82, 2.24) is 0 Å². The summed E-state index contributed by atoms with van der Waals surface area (Å²) in [5, 5.41) is 0. The highest BCUT2D eigenvalue weighted by molar-refractivity contribution is 7.99. The molecule has 3 heteroatoms. The molecule has 0 saturated carbocycles. The molecule has 0 bridgehead atoms. The van der Waals surface area contributed by atoms with Crippen molar-refractivity contribution in [2.45, 2.75) is 19.3 Å². The fraction of sp³-hybridized carbons (Fsp3) is 1.00. The van der Waals surface area contributed by atoms with Gasteiger partial charge in [0, 0.05) is 18.2 Å². The van der Waals surface area contributed by atoms with Crippen molar-refractivity contribution >= 4 is 23.4 Å². The number of halogens is 1. The molecule has 0 spiro atoms. The highest BCUT2D eigenvalue weighted by Crippen LogP contribution is 2.10. The fourth-order valence-corrected chi connectivity index (χ4v) is 1.41. The molecule has 0 aliphatic rings. The van der Waals surface area contributed by atoms with E-state index in [2.05, 4.69) is 0 Å². The molecule has 0 N–H and O–H groups in total. The molecule has 0 aromatic heterocycles. The topological polar surface area (TPSA) is 9.23 Å². The Kier molecular flexibility index (Phi) is 7.16. The molecule has 0 aliphatic carbocycles. The van der Waals surface area contributed by atoms with Crippen molar-refractivity contribution in [1.29, 1.82) is 0 Å². The number of hydrogen-bond acceptors (Lipinski definition) is 2. The third-order valence-electron chi connectivity index (χ3n) is 0.831. The molecule has 0 fully saturated rings. The van der Waals surface area contributed by atoms with E-state index in [1.165, 1.54) is 0 Å². The first kappa shape index (κ1) is 9.60. The summed E-state index contributed by atoms with van der Waals surface area (Å²) >= 11 is 7.22. The number of thioether (sulfide) groups is 1. The van der Waals surface area contributed by atoms with Gasteiger partial charge in [-0.1, -0.05) is 0 Å². The van der Waals surface area contributed by atoms with Crippen LogP contribution in [0.1, 0.15) is 13.8 Å². The Morgan fingerprint density at radius 1 is 1.67 bits per heavy atom. The van der Waals surface area contributed by atoms with Crippen molar-refractivity contribution in [2.24, 2.45) is 0 Å². The van der Waals surface area contributed by atoms with Crippen molar-refractivity contribution in [3.8, 4) is 0 Å². The Balaban J connectivity index is 2.95. The summed E-state index contributed by atoms with van der Waals surface area (Å²) in [6.45, 7) is 4.83. The summed E-state index contributed by atoms with van der Waals surface area (Å²) in [5.74, 6) is 1.69. The molecule has 9 heavy (non-hydrogen) atoms. The highest BCUT2D eigenvalue weighted by Gasteiger charge is 1.97. The molecule has 0 aromatic rings. The molecular weight excluding hydrogens is 156 g/mol. The Hall–Kier alpha value is 0.600. The quantitative estimate of drug-likeness (QED) is 0.461. The second-order valence-corrected chi connectivity index (χ2v) is 3.37. The first-order valence-electron chi connectivity index (χ1n) is 3.10. The van der Waals surface area contributed by atoms with Gasteiger partial charge < -0.3 is 4.74 Å².